The molecule has 6 nitrogen and oxygen atoms in total. The first-order chi connectivity index (χ1) is 11.0. The Bertz CT molecular complexity index is 827. The molecule has 0 N–H and O–H groups in total. The lowest BCUT2D eigenvalue weighted by molar-refractivity contribution is -0.255. The normalized spacial score (nSPS) is 13.2. The van der Waals surface area contributed by atoms with Gasteiger partial charge in [-0.25, -0.2) is 4.90 Å². The Morgan fingerprint density at radius 3 is 2.48 bits per heavy atom. The Hall–Kier alpha value is -3.15. The van der Waals surface area contributed by atoms with Crippen molar-refractivity contribution in [1.29, 1.82) is 0 Å². The average Bonchev–Trinajstić information content (AvgIpc) is 2.79. The number of anilines is 1. The van der Waals surface area contributed by atoms with Gasteiger partial charge in [-0.15, -0.1) is 0 Å². The molecular weight excluding hydrogens is 298 g/mol. The molecule has 1 heterocycles. The van der Waals surface area contributed by atoms with Crippen LogP contribution in [0.2, 0.25) is 0 Å². The van der Waals surface area contributed by atoms with Crippen molar-refractivity contribution in [2.24, 2.45) is 0 Å². The molecular formula is C17H12NO5-. The van der Waals surface area contributed by atoms with Gasteiger partial charge in [0.1, 0.15) is 5.75 Å². The zero-order valence-electron chi connectivity index (χ0n) is 12.2. The van der Waals surface area contributed by atoms with Gasteiger partial charge in [0.2, 0.25) is 0 Å². The molecule has 2 amide bonds. The second kappa shape index (κ2) is 5.57. The fourth-order valence-corrected chi connectivity index (χ4v) is 2.51. The van der Waals surface area contributed by atoms with Crippen molar-refractivity contribution in [2.75, 3.05) is 11.5 Å². The van der Waals surface area contributed by atoms with Gasteiger partial charge in [-0.05, 0) is 36.8 Å². The maximum atomic E-state index is 12.6. The van der Waals surface area contributed by atoms with Gasteiger partial charge in [-0.1, -0.05) is 18.2 Å². The summed E-state index contributed by atoms with van der Waals surface area (Å²) in [4.78, 5) is 37.0. The highest BCUT2D eigenvalue weighted by molar-refractivity contribution is 6.35. The van der Waals surface area contributed by atoms with E-state index < -0.39 is 17.8 Å². The number of para-hydroxylation sites is 2. The zero-order valence-corrected chi connectivity index (χ0v) is 12.2. The summed E-state index contributed by atoms with van der Waals surface area (Å²) in [5.41, 5.74) is 0.384. The standard InChI is InChI=1S/C17H13NO5/c1-2-23-14-6-4-3-5-13(14)18-15(19)11-8-7-10(17(21)22)9-12(11)16(18)20/h3-9H,2H2,1H3,(H,21,22)/p-1. The maximum absolute atomic E-state index is 12.6. The fourth-order valence-electron chi connectivity index (χ4n) is 2.51. The highest BCUT2D eigenvalue weighted by Gasteiger charge is 2.38. The molecule has 6 heteroatoms. The van der Waals surface area contributed by atoms with Crippen molar-refractivity contribution < 1.29 is 24.2 Å². The van der Waals surface area contributed by atoms with E-state index in [9.17, 15) is 19.5 Å². The molecule has 116 valence electrons. The number of aromatic carboxylic acids is 1. The summed E-state index contributed by atoms with van der Waals surface area (Å²) in [5, 5.41) is 10.9. The number of ether oxygens (including phenoxy) is 1. The van der Waals surface area contributed by atoms with Crippen molar-refractivity contribution in [2.45, 2.75) is 6.92 Å². The second-order valence-electron chi connectivity index (χ2n) is 4.89. The molecule has 0 radical (unpaired) electrons. The van der Waals surface area contributed by atoms with Crippen LogP contribution in [0.4, 0.5) is 5.69 Å². The molecule has 0 saturated carbocycles. The smallest absolute Gasteiger partial charge is 0.266 e. The lowest BCUT2D eigenvalue weighted by Crippen LogP contribution is -2.29. The van der Waals surface area contributed by atoms with Crippen LogP contribution in [0.1, 0.15) is 38.0 Å². The molecule has 0 aromatic heterocycles. The van der Waals surface area contributed by atoms with Gasteiger partial charge in [0, 0.05) is 0 Å². The maximum Gasteiger partial charge on any atom is 0.266 e. The molecule has 1 aliphatic rings. The second-order valence-corrected chi connectivity index (χ2v) is 4.89. The van der Waals surface area contributed by atoms with Crippen LogP contribution in [0.25, 0.3) is 0 Å². The monoisotopic (exact) mass is 310 g/mol. The lowest BCUT2D eigenvalue weighted by atomic mass is 10.1. The first kappa shape index (κ1) is 14.8. The number of carboxylic acids is 1. The van der Waals surface area contributed by atoms with Gasteiger partial charge in [-0.2, -0.15) is 0 Å². The number of carbonyl (C=O) groups is 3. The van der Waals surface area contributed by atoms with E-state index in [1.807, 2.05) is 0 Å². The van der Waals surface area contributed by atoms with E-state index in [0.717, 1.165) is 11.0 Å². The third-order valence-corrected chi connectivity index (χ3v) is 3.53. The zero-order chi connectivity index (χ0) is 16.6. The molecule has 0 unspecified atom stereocenters. The summed E-state index contributed by atoms with van der Waals surface area (Å²) in [6, 6.07) is 10.4. The molecule has 0 saturated heterocycles. The summed E-state index contributed by atoms with van der Waals surface area (Å²) in [7, 11) is 0. The number of hydrogen-bond donors (Lipinski definition) is 0. The lowest BCUT2D eigenvalue weighted by Gasteiger charge is -2.17. The van der Waals surface area contributed by atoms with E-state index in [1.165, 1.54) is 12.1 Å². The van der Waals surface area contributed by atoms with E-state index in [4.69, 9.17) is 4.74 Å². The summed E-state index contributed by atoms with van der Waals surface area (Å²) in [6.07, 6.45) is 0. The predicted molar refractivity (Wildman–Crippen MR) is 79.5 cm³/mol. The third-order valence-electron chi connectivity index (χ3n) is 3.53. The Morgan fingerprint density at radius 1 is 1.09 bits per heavy atom. The summed E-state index contributed by atoms with van der Waals surface area (Å²) < 4.78 is 5.46. The third kappa shape index (κ3) is 2.34. The van der Waals surface area contributed by atoms with Crippen LogP contribution in [0.5, 0.6) is 5.75 Å². The van der Waals surface area contributed by atoms with E-state index in [0.29, 0.717) is 18.0 Å². The van der Waals surface area contributed by atoms with E-state index in [-0.39, 0.29) is 16.7 Å². The van der Waals surface area contributed by atoms with E-state index >= 15 is 0 Å². The number of imide groups is 1. The summed E-state index contributed by atoms with van der Waals surface area (Å²) in [5.74, 6) is -2.09. The summed E-state index contributed by atoms with van der Waals surface area (Å²) >= 11 is 0. The van der Waals surface area contributed by atoms with Crippen LogP contribution in [0.15, 0.2) is 42.5 Å². The van der Waals surface area contributed by atoms with Gasteiger partial charge in [0.15, 0.2) is 0 Å². The highest BCUT2D eigenvalue weighted by atomic mass is 16.5. The number of amides is 2. The number of fused-ring (bicyclic) bond motifs is 1. The number of benzene rings is 2. The van der Waals surface area contributed by atoms with Gasteiger partial charge in [-0.3, -0.25) is 9.59 Å². The van der Waals surface area contributed by atoms with Gasteiger partial charge < -0.3 is 14.6 Å². The minimum absolute atomic E-state index is 0.0444. The molecule has 0 fully saturated rings. The molecule has 0 bridgehead atoms. The van der Waals surface area contributed by atoms with Crippen molar-refractivity contribution >= 4 is 23.5 Å². The van der Waals surface area contributed by atoms with Crippen molar-refractivity contribution in [3.63, 3.8) is 0 Å². The quantitative estimate of drug-likeness (QED) is 0.793. The van der Waals surface area contributed by atoms with E-state index in [1.54, 1.807) is 31.2 Å². The number of rotatable bonds is 4. The average molecular weight is 310 g/mol. The Labute approximate surface area is 131 Å². The van der Waals surface area contributed by atoms with Crippen LogP contribution in [0, 0.1) is 0 Å². The van der Waals surface area contributed by atoms with Gasteiger partial charge >= 0.3 is 0 Å². The first-order valence-electron chi connectivity index (χ1n) is 7.00. The number of hydrogen-bond acceptors (Lipinski definition) is 5. The molecule has 0 atom stereocenters. The molecule has 3 rings (SSSR count). The number of carbonyl (C=O) groups excluding carboxylic acids is 3. The van der Waals surface area contributed by atoms with Crippen molar-refractivity contribution in [1.82, 2.24) is 0 Å². The molecule has 2 aromatic carbocycles. The number of nitrogens with zero attached hydrogens (tertiary/aromatic N) is 1. The topological polar surface area (TPSA) is 86.7 Å². The minimum atomic E-state index is -1.40. The highest BCUT2D eigenvalue weighted by Crippen LogP contribution is 2.35. The van der Waals surface area contributed by atoms with Crippen LogP contribution < -0.4 is 14.7 Å². The number of carboxylic acid groups (broad SMARTS) is 1. The Balaban J connectivity index is 2.09. The van der Waals surface area contributed by atoms with Crippen LogP contribution in [0.3, 0.4) is 0 Å². The van der Waals surface area contributed by atoms with Crippen molar-refractivity contribution in [3.05, 3.63) is 59.2 Å². The largest absolute Gasteiger partial charge is 0.545 e. The van der Waals surface area contributed by atoms with Crippen LogP contribution >= 0.6 is 0 Å². The molecule has 0 spiro atoms. The molecule has 2 aromatic rings. The first-order valence-corrected chi connectivity index (χ1v) is 7.00. The Morgan fingerprint density at radius 2 is 1.78 bits per heavy atom. The van der Waals surface area contributed by atoms with E-state index in [2.05, 4.69) is 0 Å². The minimum Gasteiger partial charge on any atom is -0.545 e. The molecule has 23 heavy (non-hydrogen) atoms. The SMILES string of the molecule is CCOc1ccccc1N1C(=O)c2ccc(C(=O)[O-])cc2C1=O. The molecule has 1 aliphatic heterocycles. The van der Waals surface area contributed by atoms with Gasteiger partial charge in [0.05, 0.1) is 29.4 Å². The Kier molecular flexibility index (Phi) is 3.57. The van der Waals surface area contributed by atoms with Crippen LogP contribution in [-0.4, -0.2) is 24.4 Å². The summed E-state index contributed by atoms with van der Waals surface area (Å²) in [6.45, 7) is 2.18. The molecule has 0 aliphatic carbocycles. The predicted octanol–water partition coefficient (Wildman–Crippen LogP) is 1.25. The van der Waals surface area contributed by atoms with Crippen LogP contribution in [-0.2, 0) is 0 Å². The van der Waals surface area contributed by atoms with Crippen molar-refractivity contribution in [3.8, 4) is 5.75 Å². The fraction of sp³-hybridized carbons (Fsp3) is 0.118. The van der Waals surface area contributed by atoms with Gasteiger partial charge in [0.25, 0.3) is 11.8 Å².